The summed E-state index contributed by atoms with van der Waals surface area (Å²) in [5.41, 5.74) is -0.267. The molecule has 2 aromatic rings. The van der Waals surface area contributed by atoms with E-state index in [4.69, 9.17) is 23.2 Å². The molecule has 2 rings (SSSR count). The molecule has 0 heterocycles. The standard InChI is InChI=1S/C16H8Cl2F4O2/c17-13(23)15(19,20)11-5-1-9(2-6-11)10-3-7-12(8-4-10)16(21,22)14(18)24/h1-8H. The largest absolute Gasteiger partial charge is 0.345 e. The number of hydrogen-bond acceptors (Lipinski definition) is 2. The molecule has 8 heteroatoms. The van der Waals surface area contributed by atoms with E-state index < -0.39 is 33.5 Å². The van der Waals surface area contributed by atoms with Crippen LogP contribution in [0.25, 0.3) is 11.1 Å². The van der Waals surface area contributed by atoms with Crippen LogP contribution in [0, 0.1) is 0 Å². The highest BCUT2D eigenvalue weighted by Gasteiger charge is 2.40. The average Bonchev–Trinajstić information content (AvgIpc) is 2.54. The first-order valence-electron chi connectivity index (χ1n) is 6.43. The fourth-order valence-corrected chi connectivity index (χ4v) is 2.19. The van der Waals surface area contributed by atoms with Crippen LogP contribution in [0.4, 0.5) is 17.6 Å². The van der Waals surface area contributed by atoms with Gasteiger partial charge in [0, 0.05) is 11.1 Å². The van der Waals surface area contributed by atoms with E-state index in [9.17, 15) is 27.2 Å². The maximum Gasteiger partial charge on any atom is 0.345 e. The molecule has 126 valence electrons. The van der Waals surface area contributed by atoms with E-state index in [2.05, 4.69) is 0 Å². The third-order valence-electron chi connectivity index (χ3n) is 3.32. The van der Waals surface area contributed by atoms with Crippen molar-refractivity contribution in [1.29, 1.82) is 0 Å². The highest BCUT2D eigenvalue weighted by Crippen LogP contribution is 2.34. The summed E-state index contributed by atoms with van der Waals surface area (Å²) in [6.07, 6.45) is 0. The molecule has 0 unspecified atom stereocenters. The molecular weight excluding hydrogens is 371 g/mol. The van der Waals surface area contributed by atoms with E-state index in [1.807, 2.05) is 0 Å². The van der Waals surface area contributed by atoms with E-state index in [-0.39, 0.29) is 0 Å². The van der Waals surface area contributed by atoms with Gasteiger partial charge >= 0.3 is 11.8 Å². The third kappa shape index (κ3) is 3.44. The van der Waals surface area contributed by atoms with Crippen LogP contribution in [0.5, 0.6) is 0 Å². The van der Waals surface area contributed by atoms with Crippen molar-refractivity contribution in [3.63, 3.8) is 0 Å². The van der Waals surface area contributed by atoms with E-state index >= 15 is 0 Å². The lowest BCUT2D eigenvalue weighted by atomic mass is 9.99. The quantitative estimate of drug-likeness (QED) is 0.537. The second-order valence-electron chi connectivity index (χ2n) is 4.85. The molecule has 0 aliphatic heterocycles. The van der Waals surface area contributed by atoms with Crippen molar-refractivity contribution in [2.24, 2.45) is 0 Å². The summed E-state index contributed by atoms with van der Waals surface area (Å²) >= 11 is 9.70. The van der Waals surface area contributed by atoms with Gasteiger partial charge in [-0.1, -0.05) is 48.5 Å². The molecule has 0 saturated heterocycles. The van der Waals surface area contributed by atoms with Gasteiger partial charge in [0.1, 0.15) is 0 Å². The molecule has 0 radical (unpaired) electrons. The van der Waals surface area contributed by atoms with Gasteiger partial charge in [0.2, 0.25) is 0 Å². The van der Waals surface area contributed by atoms with Gasteiger partial charge in [0.05, 0.1) is 0 Å². The van der Waals surface area contributed by atoms with Crippen LogP contribution in [0.3, 0.4) is 0 Å². The lowest BCUT2D eigenvalue weighted by Gasteiger charge is -2.13. The Labute approximate surface area is 144 Å². The van der Waals surface area contributed by atoms with Crippen LogP contribution >= 0.6 is 23.2 Å². The van der Waals surface area contributed by atoms with Gasteiger partial charge in [0.25, 0.3) is 10.5 Å². The van der Waals surface area contributed by atoms with Crippen LogP contribution in [-0.2, 0) is 21.4 Å². The minimum absolute atomic E-state index is 0.448. The monoisotopic (exact) mass is 378 g/mol. The van der Waals surface area contributed by atoms with Gasteiger partial charge in [-0.25, -0.2) is 0 Å². The Morgan fingerprint density at radius 2 is 0.875 bits per heavy atom. The first-order chi connectivity index (χ1) is 11.1. The summed E-state index contributed by atoms with van der Waals surface area (Å²) in [6, 6.07) is 9.24. The summed E-state index contributed by atoms with van der Waals surface area (Å²) in [6.45, 7) is 0. The first-order valence-corrected chi connectivity index (χ1v) is 7.19. The molecule has 0 spiro atoms. The topological polar surface area (TPSA) is 34.1 Å². The Hall–Kier alpha value is -1.92. The van der Waals surface area contributed by atoms with Crippen LogP contribution < -0.4 is 0 Å². The number of benzene rings is 2. The molecule has 0 bridgehead atoms. The van der Waals surface area contributed by atoms with Crippen molar-refractivity contribution in [3.05, 3.63) is 59.7 Å². The molecule has 0 aliphatic rings. The number of rotatable bonds is 5. The number of hydrogen-bond donors (Lipinski definition) is 0. The molecule has 0 saturated carbocycles. The van der Waals surface area contributed by atoms with Crippen molar-refractivity contribution in [1.82, 2.24) is 0 Å². The molecular formula is C16H8Cl2F4O2. The van der Waals surface area contributed by atoms with Crippen LogP contribution in [-0.4, -0.2) is 10.5 Å². The number of carbonyl (C=O) groups excluding carboxylic acids is 2. The third-order valence-corrected chi connectivity index (χ3v) is 3.80. The van der Waals surface area contributed by atoms with Crippen LogP contribution in [0.2, 0.25) is 0 Å². The number of alkyl halides is 4. The van der Waals surface area contributed by atoms with Gasteiger partial charge in [-0.3, -0.25) is 9.59 Å². The molecule has 0 N–H and O–H groups in total. The zero-order chi connectivity index (χ0) is 18.1. The smallest absolute Gasteiger partial charge is 0.274 e. The van der Waals surface area contributed by atoms with Crippen molar-refractivity contribution in [2.45, 2.75) is 11.8 Å². The summed E-state index contributed by atoms with van der Waals surface area (Å²) in [4.78, 5) is 21.4. The van der Waals surface area contributed by atoms with Crippen LogP contribution in [0.15, 0.2) is 48.5 Å². The normalized spacial score (nSPS) is 12.1. The Morgan fingerprint density at radius 1 is 0.625 bits per heavy atom. The zero-order valence-electron chi connectivity index (χ0n) is 11.7. The maximum atomic E-state index is 13.5. The highest BCUT2D eigenvalue weighted by molar-refractivity contribution is 6.65. The SMILES string of the molecule is O=C(Cl)C(F)(F)c1ccc(-c2ccc(C(F)(F)C(=O)Cl)cc2)cc1. The van der Waals surface area contributed by atoms with Crippen molar-refractivity contribution >= 4 is 33.7 Å². The van der Waals surface area contributed by atoms with Gasteiger partial charge in [-0.05, 0) is 34.3 Å². The number of halogens is 6. The Kier molecular flexibility index (Phi) is 5.01. The summed E-state index contributed by atoms with van der Waals surface area (Å²) < 4.78 is 53.9. The predicted molar refractivity (Wildman–Crippen MR) is 81.4 cm³/mol. The maximum absolute atomic E-state index is 13.5. The Balaban J connectivity index is 2.31. The Bertz CT molecular complexity index is 704. The summed E-state index contributed by atoms with van der Waals surface area (Å²) in [5, 5.41) is -3.60. The Morgan fingerprint density at radius 3 is 1.08 bits per heavy atom. The molecule has 0 amide bonds. The number of carbonyl (C=O) groups is 2. The fourth-order valence-electron chi connectivity index (χ4n) is 1.97. The van der Waals surface area contributed by atoms with E-state index in [1.165, 1.54) is 24.3 Å². The minimum atomic E-state index is -3.81. The second-order valence-corrected chi connectivity index (χ2v) is 5.54. The van der Waals surface area contributed by atoms with Gasteiger partial charge < -0.3 is 0 Å². The van der Waals surface area contributed by atoms with E-state index in [1.54, 1.807) is 0 Å². The molecule has 2 aromatic carbocycles. The summed E-state index contributed by atoms with van der Waals surface area (Å²) in [5.74, 6) is -7.63. The lowest BCUT2D eigenvalue weighted by Crippen LogP contribution is -2.21. The fraction of sp³-hybridized carbons (Fsp3) is 0.125. The van der Waals surface area contributed by atoms with Crippen molar-refractivity contribution < 1.29 is 27.2 Å². The predicted octanol–water partition coefficient (Wildman–Crippen LogP) is 5.07. The highest BCUT2D eigenvalue weighted by atomic mass is 35.5. The average molecular weight is 379 g/mol. The first kappa shape index (κ1) is 18.4. The molecule has 0 aromatic heterocycles. The molecule has 2 nitrogen and oxygen atoms in total. The minimum Gasteiger partial charge on any atom is -0.274 e. The molecule has 0 fully saturated rings. The van der Waals surface area contributed by atoms with E-state index in [0.29, 0.717) is 11.1 Å². The lowest BCUT2D eigenvalue weighted by molar-refractivity contribution is -0.135. The van der Waals surface area contributed by atoms with Gasteiger partial charge in [0.15, 0.2) is 0 Å². The van der Waals surface area contributed by atoms with E-state index in [0.717, 1.165) is 24.3 Å². The van der Waals surface area contributed by atoms with Gasteiger partial charge in [-0.2, -0.15) is 17.6 Å². The van der Waals surface area contributed by atoms with Gasteiger partial charge in [-0.15, -0.1) is 0 Å². The van der Waals surface area contributed by atoms with Crippen molar-refractivity contribution in [2.75, 3.05) is 0 Å². The zero-order valence-corrected chi connectivity index (χ0v) is 13.2. The molecule has 24 heavy (non-hydrogen) atoms. The van der Waals surface area contributed by atoms with Crippen LogP contribution in [0.1, 0.15) is 11.1 Å². The van der Waals surface area contributed by atoms with Crippen molar-refractivity contribution in [3.8, 4) is 11.1 Å². The second kappa shape index (κ2) is 6.53. The summed E-state index contributed by atoms with van der Waals surface area (Å²) in [7, 11) is 0. The molecule has 0 atom stereocenters. The molecule has 0 aliphatic carbocycles.